The minimum Gasteiger partial charge on any atom is -0.211 e. The summed E-state index contributed by atoms with van der Waals surface area (Å²) in [5.41, 5.74) is 1.04. The first-order valence-corrected chi connectivity index (χ1v) is 9.48. The summed E-state index contributed by atoms with van der Waals surface area (Å²) >= 11 is 7.39. The maximum atomic E-state index is 12.1. The number of nitrogens with one attached hydrogen (secondary N) is 1. The zero-order chi connectivity index (χ0) is 15.3. The molecule has 0 bridgehead atoms. The van der Waals surface area contributed by atoms with Gasteiger partial charge in [0.15, 0.2) is 0 Å². The van der Waals surface area contributed by atoms with Gasteiger partial charge in [-0.2, -0.15) is 0 Å². The third kappa shape index (κ3) is 4.74. The van der Waals surface area contributed by atoms with Crippen molar-refractivity contribution in [2.24, 2.45) is 0 Å². The Morgan fingerprint density at radius 2 is 1.67 bits per heavy atom. The molecule has 0 saturated carbocycles. The zero-order valence-corrected chi connectivity index (χ0v) is 13.9. The van der Waals surface area contributed by atoms with Gasteiger partial charge in [-0.3, -0.25) is 0 Å². The third-order valence-corrected chi connectivity index (χ3v) is 5.46. The van der Waals surface area contributed by atoms with Crippen LogP contribution in [0.3, 0.4) is 0 Å². The molecule has 0 aromatic heterocycles. The van der Waals surface area contributed by atoms with Crippen molar-refractivity contribution in [3.63, 3.8) is 0 Å². The number of halogens is 1. The molecule has 2 aromatic carbocycles. The van der Waals surface area contributed by atoms with E-state index in [9.17, 15) is 8.42 Å². The molecule has 6 heteroatoms. The van der Waals surface area contributed by atoms with Crippen LogP contribution in [0.4, 0.5) is 0 Å². The van der Waals surface area contributed by atoms with Gasteiger partial charge in [0.05, 0.1) is 4.90 Å². The third-order valence-electron chi connectivity index (χ3n) is 2.99. The van der Waals surface area contributed by atoms with Gasteiger partial charge in [0.1, 0.15) is 0 Å². The highest BCUT2D eigenvalue weighted by Crippen LogP contribution is 2.17. The lowest BCUT2D eigenvalue weighted by Crippen LogP contribution is -2.25. The summed E-state index contributed by atoms with van der Waals surface area (Å²) in [6.07, 6.45) is 2.58. The average molecular weight is 342 g/mol. The van der Waals surface area contributed by atoms with E-state index in [1.807, 2.05) is 18.4 Å². The predicted molar refractivity (Wildman–Crippen MR) is 88.6 cm³/mol. The molecule has 3 nitrogen and oxygen atoms in total. The van der Waals surface area contributed by atoms with E-state index in [2.05, 4.69) is 4.72 Å². The summed E-state index contributed by atoms with van der Waals surface area (Å²) in [5, 5.41) is 0.674. The molecule has 1 N–H and O–H groups in total. The number of thioether (sulfide) groups is 1. The van der Waals surface area contributed by atoms with Crippen LogP contribution in [0.1, 0.15) is 5.56 Å². The Labute approximate surface area is 134 Å². The molecule has 112 valence electrons. The quantitative estimate of drug-likeness (QED) is 0.817. The molecule has 0 heterocycles. The van der Waals surface area contributed by atoms with Gasteiger partial charge in [0.25, 0.3) is 0 Å². The van der Waals surface area contributed by atoms with Gasteiger partial charge in [-0.1, -0.05) is 23.7 Å². The number of hydrogen-bond donors (Lipinski definition) is 1. The van der Waals surface area contributed by atoms with Gasteiger partial charge in [-0.15, -0.1) is 11.8 Å². The summed E-state index contributed by atoms with van der Waals surface area (Å²) < 4.78 is 26.9. The van der Waals surface area contributed by atoms with Crippen LogP contribution in [0.2, 0.25) is 5.02 Å². The molecule has 0 spiro atoms. The highest BCUT2D eigenvalue weighted by Gasteiger charge is 2.12. The molecular formula is C15H16ClNO2S2. The van der Waals surface area contributed by atoms with Gasteiger partial charge < -0.3 is 0 Å². The normalized spacial score (nSPS) is 11.5. The van der Waals surface area contributed by atoms with Crippen LogP contribution in [0.5, 0.6) is 0 Å². The topological polar surface area (TPSA) is 46.2 Å². The van der Waals surface area contributed by atoms with Crippen LogP contribution in [-0.4, -0.2) is 21.2 Å². The van der Waals surface area contributed by atoms with Crippen molar-refractivity contribution >= 4 is 33.4 Å². The van der Waals surface area contributed by atoms with Crippen molar-refractivity contribution < 1.29 is 8.42 Å². The molecule has 0 aliphatic carbocycles. The molecule has 0 aliphatic rings. The average Bonchev–Trinajstić information content (AvgIpc) is 2.49. The highest BCUT2D eigenvalue weighted by atomic mass is 35.5. The van der Waals surface area contributed by atoms with E-state index in [1.165, 1.54) is 0 Å². The Morgan fingerprint density at radius 1 is 1.05 bits per heavy atom. The molecular weight excluding hydrogens is 326 g/mol. The van der Waals surface area contributed by atoms with Gasteiger partial charge in [0, 0.05) is 16.5 Å². The van der Waals surface area contributed by atoms with Crippen molar-refractivity contribution in [3.05, 3.63) is 59.1 Å². The summed E-state index contributed by atoms with van der Waals surface area (Å²) in [5.74, 6) is 0. The molecule has 0 unspecified atom stereocenters. The molecule has 0 radical (unpaired) electrons. The first-order chi connectivity index (χ1) is 10.0. The Morgan fingerprint density at radius 3 is 2.24 bits per heavy atom. The van der Waals surface area contributed by atoms with Gasteiger partial charge >= 0.3 is 0 Å². The predicted octanol–water partition coefficient (Wildman–Crippen LogP) is 3.58. The fourth-order valence-electron chi connectivity index (χ4n) is 1.82. The van der Waals surface area contributed by atoms with Crippen molar-refractivity contribution in [1.29, 1.82) is 0 Å². The van der Waals surface area contributed by atoms with Crippen LogP contribution in [-0.2, 0) is 16.4 Å². The first kappa shape index (κ1) is 16.4. The minimum absolute atomic E-state index is 0.288. The molecule has 2 rings (SSSR count). The van der Waals surface area contributed by atoms with E-state index in [4.69, 9.17) is 11.6 Å². The second-order valence-electron chi connectivity index (χ2n) is 4.45. The first-order valence-electron chi connectivity index (χ1n) is 6.39. The smallest absolute Gasteiger partial charge is 0.211 e. The lowest BCUT2D eigenvalue weighted by molar-refractivity contribution is 0.581. The van der Waals surface area contributed by atoms with Crippen molar-refractivity contribution in [1.82, 2.24) is 4.72 Å². The fraction of sp³-hybridized carbons (Fsp3) is 0.200. The Bertz CT molecular complexity index is 683. The molecule has 0 fully saturated rings. The van der Waals surface area contributed by atoms with Crippen LogP contribution >= 0.6 is 23.4 Å². The van der Waals surface area contributed by atoms with E-state index in [0.29, 0.717) is 18.0 Å². The fourth-order valence-corrected chi connectivity index (χ4v) is 3.39. The van der Waals surface area contributed by atoms with Gasteiger partial charge in [-0.05, 0) is 54.6 Å². The lowest BCUT2D eigenvalue weighted by atomic mass is 10.2. The van der Waals surface area contributed by atoms with Gasteiger partial charge in [-0.25, -0.2) is 13.1 Å². The van der Waals surface area contributed by atoms with E-state index in [1.54, 1.807) is 48.2 Å². The number of hydrogen-bond acceptors (Lipinski definition) is 3. The van der Waals surface area contributed by atoms with E-state index in [0.717, 1.165) is 10.5 Å². The van der Waals surface area contributed by atoms with E-state index in [-0.39, 0.29) is 4.90 Å². The summed E-state index contributed by atoms with van der Waals surface area (Å²) in [4.78, 5) is 1.33. The highest BCUT2D eigenvalue weighted by molar-refractivity contribution is 7.98. The Kier molecular flexibility index (Phi) is 5.70. The van der Waals surface area contributed by atoms with Crippen LogP contribution in [0.15, 0.2) is 58.3 Å². The monoisotopic (exact) mass is 341 g/mol. The van der Waals surface area contributed by atoms with Crippen LogP contribution in [0, 0.1) is 0 Å². The molecule has 0 aliphatic heterocycles. The Hall–Kier alpha value is -1.01. The lowest BCUT2D eigenvalue weighted by Gasteiger charge is -2.07. The Balaban J connectivity index is 1.95. The zero-order valence-electron chi connectivity index (χ0n) is 11.5. The van der Waals surface area contributed by atoms with Crippen molar-refractivity contribution in [3.8, 4) is 0 Å². The number of sulfonamides is 1. The largest absolute Gasteiger partial charge is 0.240 e. The molecule has 0 saturated heterocycles. The second kappa shape index (κ2) is 7.31. The molecule has 2 aromatic rings. The molecule has 0 amide bonds. The number of benzene rings is 2. The standard InChI is InChI=1S/C15H16ClNO2S2/c1-20-14-6-8-15(9-7-14)21(18,19)17-11-10-12-2-4-13(16)5-3-12/h2-9,17H,10-11H2,1H3. The summed E-state index contributed by atoms with van der Waals surface area (Å²) in [7, 11) is -3.45. The van der Waals surface area contributed by atoms with E-state index < -0.39 is 10.0 Å². The van der Waals surface area contributed by atoms with Crippen LogP contribution < -0.4 is 4.72 Å². The van der Waals surface area contributed by atoms with Crippen molar-refractivity contribution in [2.45, 2.75) is 16.2 Å². The maximum Gasteiger partial charge on any atom is 0.240 e. The van der Waals surface area contributed by atoms with E-state index >= 15 is 0 Å². The van der Waals surface area contributed by atoms with Crippen LogP contribution in [0.25, 0.3) is 0 Å². The summed E-state index contributed by atoms with van der Waals surface area (Å²) in [6.45, 7) is 0.355. The van der Waals surface area contributed by atoms with Gasteiger partial charge in [0.2, 0.25) is 10.0 Å². The SMILES string of the molecule is CSc1ccc(S(=O)(=O)NCCc2ccc(Cl)cc2)cc1. The number of rotatable bonds is 6. The maximum absolute atomic E-state index is 12.1. The van der Waals surface area contributed by atoms with Crippen molar-refractivity contribution in [2.75, 3.05) is 12.8 Å². The minimum atomic E-state index is -3.45. The summed E-state index contributed by atoms with van der Waals surface area (Å²) in [6, 6.07) is 14.2. The molecule has 21 heavy (non-hydrogen) atoms. The molecule has 0 atom stereocenters. The second-order valence-corrected chi connectivity index (χ2v) is 7.53.